The number of hydrogen-bond donors (Lipinski definition) is 1. The van der Waals surface area contributed by atoms with Crippen LogP contribution in [0, 0.1) is 5.82 Å². The van der Waals surface area contributed by atoms with Crippen LogP contribution in [0.5, 0.6) is 0 Å². The lowest BCUT2D eigenvalue weighted by Crippen LogP contribution is -1.98. The van der Waals surface area contributed by atoms with Crippen molar-refractivity contribution in [2.45, 2.75) is 11.0 Å². The number of halogens is 4. The Hall–Kier alpha value is -3.18. The van der Waals surface area contributed by atoms with Gasteiger partial charge in [-0.2, -0.15) is 0 Å². The molecule has 1 N–H and O–H groups in total. The molecule has 5 rings (SSSR count). The highest BCUT2D eigenvalue weighted by atomic mass is 35.5. The van der Waals surface area contributed by atoms with E-state index in [1.165, 1.54) is 34.8 Å². The maximum atomic E-state index is 14.7. The first-order valence-corrected chi connectivity index (χ1v) is 12.1. The molecule has 0 aliphatic carbocycles. The predicted octanol–water partition coefficient (Wildman–Crippen LogP) is 6.85. The lowest BCUT2D eigenvalue weighted by atomic mass is 10.2. The van der Waals surface area contributed by atoms with Gasteiger partial charge in [-0.05, 0) is 30.3 Å². The van der Waals surface area contributed by atoms with Crippen molar-refractivity contribution >= 4 is 58.1 Å². The molecule has 0 spiro atoms. The first kappa shape index (κ1) is 23.6. The zero-order valence-corrected chi connectivity index (χ0v) is 20.6. The van der Waals surface area contributed by atoms with Crippen LogP contribution in [0.4, 0.5) is 15.9 Å². The number of para-hydroxylation sites is 1. The summed E-state index contributed by atoms with van der Waals surface area (Å²) in [5, 5.41) is 20.6. The molecule has 0 saturated carbocycles. The van der Waals surface area contributed by atoms with Crippen LogP contribution in [0.1, 0.15) is 5.69 Å². The molecule has 3 aromatic heterocycles. The summed E-state index contributed by atoms with van der Waals surface area (Å²) < 4.78 is 21.9. The fourth-order valence-corrected chi connectivity index (χ4v) is 4.34. The number of nitrogens with zero attached hydrogens (tertiary/aromatic N) is 6. The van der Waals surface area contributed by atoms with Gasteiger partial charge < -0.3 is 9.73 Å². The van der Waals surface area contributed by atoms with E-state index in [4.69, 9.17) is 39.2 Å². The van der Waals surface area contributed by atoms with E-state index in [9.17, 15) is 4.39 Å². The van der Waals surface area contributed by atoms with Crippen LogP contribution in [0.2, 0.25) is 15.1 Å². The second-order valence-electron chi connectivity index (χ2n) is 7.04. The van der Waals surface area contributed by atoms with Gasteiger partial charge in [0, 0.05) is 17.6 Å². The topological polar surface area (TPSA) is 94.6 Å². The van der Waals surface area contributed by atoms with Gasteiger partial charge in [0.25, 0.3) is 11.1 Å². The molecule has 0 unspecified atom stereocenters. The summed E-state index contributed by atoms with van der Waals surface area (Å²) in [6.45, 7) is 0. The average Bonchev–Trinajstić information content (AvgIpc) is 3.51. The molecule has 13 heteroatoms. The van der Waals surface area contributed by atoms with Crippen molar-refractivity contribution < 1.29 is 8.81 Å². The number of anilines is 2. The number of nitrogens with one attached hydrogen (secondary N) is 1. The van der Waals surface area contributed by atoms with Crippen molar-refractivity contribution in [1.82, 2.24) is 30.2 Å². The summed E-state index contributed by atoms with van der Waals surface area (Å²) in [7, 11) is 0. The molecule has 0 saturated heterocycles. The molecular weight excluding hydrogens is 536 g/mol. The second kappa shape index (κ2) is 10.2. The molecule has 0 atom stereocenters. The normalized spacial score (nSPS) is 11.1. The molecule has 3 heterocycles. The van der Waals surface area contributed by atoms with Crippen LogP contribution in [-0.4, -0.2) is 30.2 Å². The molecule has 176 valence electrons. The number of pyridine rings is 1. The van der Waals surface area contributed by atoms with Gasteiger partial charge in [0.2, 0.25) is 0 Å². The Morgan fingerprint density at radius 3 is 2.60 bits per heavy atom. The molecule has 0 aliphatic heterocycles. The molecule has 0 amide bonds. The summed E-state index contributed by atoms with van der Waals surface area (Å²) in [5.74, 6) is 0.0892. The van der Waals surface area contributed by atoms with E-state index in [2.05, 4.69) is 30.8 Å². The predicted molar refractivity (Wildman–Crippen MR) is 133 cm³/mol. The van der Waals surface area contributed by atoms with Crippen molar-refractivity contribution in [2.24, 2.45) is 0 Å². The Labute approximate surface area is 217 Å². The van der Waals surface area contributed by atoms with Gasteiger partial charge in [-0.1, -0.05) is 70.0 Å². The van der Waals surface area contributed by atoms with Crippen molar-refractivity contribution in [3.05, 3.63) is 87.5 Å². The number of rotatable bonds is 7. The maximum Gasteiger partial charge on any atom is 0.277 e. The number of aromatic nitrogens is 6. The molecule has 0 aliphatic rings. The zero-order chi connectivity index (χ0) is 24.4. The van der Waals surface area contributed by atoms with E-state index in [0.29, 0.717) is 32.2 Å². The van der Waals surface area contributed by atoms with Crippen LogP contribution in [-0.2, 0) is 5.75 Å². The highest BCUT2D eigenvalue weighted by molar-refractivity contribution is 7.98. The van der Waals surface area contributed by atoms with Crippen molar-refractivity contribution in [3.63, 3.8) is 0 Å². The Morgan fingerprint density at radius 1 is 0.971 bits per heavy atom. The fourth-order valence-electron chi connectivity index (χ4n) is 3.07. The molecular formula is C22H13Cl3FN7OS. The number of thioether (sulfide) groups is 1. The number of benzene rings is 2. The van der Waals surface area contributed by atoms with E-state index < -0.39 is 5.82 Å². The first-order valence-electron chi connectivity index (χ1n) is 9.97. The van der Waals surface area contributed by atoms with Gasteiger partial charge in [0.1, 0.15) is 17.2 Å². The summed E-state index contributed by atoms with van der Waals surface area (Å²) in [4.78, 5) is 4.23. The Kier molecular flexibility index (Phi) is 6.87. The van der Waals surface area contributed by atoms with Crippen LogP contribution < -0.4 is 5.32 Å². The summed E-state index contributed by atoms with van der Waals surface area (Å²) in [5.41, 5.74) is 1.98. The molecule has 2 aromatic carbocycles. The van der Waals surface area contributed by atoms with Gasteiger partial charge in [-0.25, -0.2) is 14.1 Å². The molecule has 5 aromatic rings. The molecule has 0 bridgehead atoms. The third kappa shape index (κ3) is 5.25. The third-order valence-corrected chi connectivity index (χ3v) is 6.55. The second-order valence-corrected chi connectivity index (χ2v) is 9.19. The summed E-state index contributed by atoms with van der Waals surface area (Å²) >= 11 is 19.5. The summed E-state index contributed by atoms with van der Waals surface area (Å²) in [6.07, 6.45) is 3.05. The van der Waals surface area contributed by atoms with Crippen LogP contribution in [0.25, 0.3) is 17.1 Å². The van der Waals surface area contributed by atoms with Crippen LogP contribution in [0.3, 0.4) is 0 Å². The van der Waals surface area contributed by atoms with Gasteiger partial charge in [-0.3, -0.25) is 0 Å². The van der Waals surface area contributed by atoms with E-state index in [1.807, 2.05) is 30.3 Å². The van der Waals surface area contributed by atoms with Crippen LogP contribution in [0.15, 0.2) is 70.6 Å². The van der Waals surface area contributed by atoms with Crippen molar-refractivity contribution in [3.8, 4) is 17.1 Å². The Morgan fingerprint density at radius 2 is 1.77 bits per heavy atom. The quantitative estimate of drug-likeness (QED) is 0.174. The first-order chi connectivity index (χ1) is 17.0. The van der Waals surface area contributed by atoms with Gasteiger partial charge in [-0.15, -0.1) is 15.3 Å². The SMILES string of the molecule is Fc1ccnc(Nc2ccccc2)c1-c1nnc(SCc2cn(-c3cc(Cl)c(Cl)cc3Cl)nn2)o1. The van der Waals surface area contributed by atoms with Gasteiger partial charge in [0.05, 0.1) is 32.6 Å². The lowest BCUT2D eigenvalue weighted by molar-refractivity contribution is 0.462. The van der Waals surface area contributed by atoms with E-state index >= 15 is 0 Å². The smallest absolute Gasteiger partial charge is 0.277 e. The fraction of sp³-hybridized carbons (Fsp3) is 0.0455. The molecule has 8 nitrogen and oxygen atoms in total. The Bertz CT molecular complexity index is 1500. The van der Waals surface area contributed by atoms with Gasteiger partial charge >= 0.3 is 0 Å². The van der Waals surface area contributed by atoms with Crippen molar-refractivity contribution in [2.75, 3.05) is 5.32 Å². The standard InChI is InChI=1S/C22H13Cl3FN7OS/c23-14-8-16(25)18(9-15(14)24)33-10-13(29-32-33)11-35-22-31-30-21(34-22)19-17(26)6-7-27-20(19)28-12-4-2-1-3-5-12/h1-10H,11H2,(H,27,28). The molecule has 0 fully saturated rings. The lowest BCUT2D eigenvalue weighted by Gasteiger charge is -2.09. The minimum Gasteiger partial charge on any atom is -0.411 e. The van der Waals surface area contributed by atoms with E-state index in [0.717, 1.165) is 5.69 Å². The number of hydrogen-bond acceptors (Lipinski definition) is 8. The monoisotopic (exact) mass is 547 g/mol. The highest BCUT2D eigenvalue weighted by Crippen LogP contribution is 2.33. The maximum absolute atomic E-state index is 14.7. The largest absolute Gasteiger partial charge is 0.411 e. The Balaban J connectivity index is 1.32. The molecule has 0 radical (unpaired) electrons. The van der Waals surface area contributed by atoms with E-state index in [-0.39, 0.29) is 22.5 Å². The zero-order valence-electron chi connectivity index (χ0n) is 17.5. The van der Waals surface area contributed by atoms with Crippen LogP contribution >= 0.6 is 46.6 Å². The molecule has 35 heavy (non-hydrogen) atoms. The third-order valence-electron chi connectivity index (χ3n) is 4.68. The van der Waals surface area contributed by atoms with Gasteiger partial charge in [0.15, 0.2) is 0 Å². The van der Waals surface area contributed by atoms with E-state index in [1.54, 1.807) is 12.3 Å². The average molecular weight is 549 g/mol. The highest BCUT2D eigenvalue weighted by Gasteiger charge is 2.20. The van der Waals surface area contributed by atoms with Crippen molar-refractivity contribution in [1.29, 1.82) is 0 Å². The minimum atomic E-state index is -0.542. The summed E-state index contributed by atoms with van der Waals surface area (Å²) in [6, 6.07) is 13.6. The minimum absolute atomic E-state index is 0.00257.